The zero-order valence-electron chi connectivity index (χ0n) is 10.0. The van der Waals surface area contributed by atoms with E-state index in [0.29, 0.717) is 21.3 Å². The molecule has 0 atom stereocenters. The van der Waals surface area contributed by atoms with Gasteiger partial charge in [0.15, 0.2) is 0 Å². The monoisotopic (exact) mass is 405 g/mol. The van der Waals surface area contributed by atoms with Gasteiger partial charge in [-0.15, -0.1) is 0 Å². The summed E-state index contributed by atoms with van der Waals surface area (Å²) in [5.74, 6) is -0.228. The highest BCUT2D eigenvalue weighted by Gasteiger charge is 2.10. The Balaban J connectivity index is 2.25. The number of hydrogen-bond acceptors (Lipinski definition) is 1. The molecule has 2 aromatic rings. The number of carbonyl (C=O) groups excluding carboxylic acids is 1. The number of halogens is 3. The van der Waals surface area contributed by atoms with Crippen LogP contribution in [-0.2, 0) is 0 Å². The molecule has 0 spiro atoms. The minimum Gasteiger partial charge on any atom is -0.321 e. The van der Waals surface area contributed by atoms with E-state index in [1.165, 1.54) is 0 Å². The van der Waals surface area contributed by atoms with E-state index in [2.05, 4.69) is 27.9 Å². The predicted molar refractivity (Wildman–Crippen MR) is 88.3 cm³/mol. The molecule has 0 aliphatic carbocycles. The molecular weight excluding hydrogens is 396 g/mol. The maximum Gasteiger partial charge on any atom is 0.255 e. The molecule has 0 heterocycles. The van der Waals surface area contributed by atoms with Crippen molar-refractivity contribution in [1.82, 2.24) is 0 Å². The lowest BCUT2D eigenvalue weighted by Gasteiger charge is -2.08. The lowest BCUT2D eigenvalue weighted by molar-refractivity contribution is 0.102. The zero-order chi connectivity index (χ0) is 14.0. The molecule has 0 aliphatic heterocycles. The lowest BCUT2D eigenvalue weighted by atomic mass is 10.1. The fraction of sp³-hybridized carbons (Fsp3) is 0.0714. The van der Waals surface area contributed by atoms with Crippen LogP contribution in [0.5, 0.6) is 0 Å². The summed E-state index contributed by atoms with van der Waals surface area (Å²) in [4.78, 5) is 12.1. The summed E-state index contributed by atoms with van der Waals surface area (Å²) in [5.41, 5.74) is 2.04. The van der Waals surface area contributed by atoms with E-state index >= 15 is 0 Å². The van der Waals surface area contributed by atoms with Crippen molar-refractivity contribution in [2.75, 3.05) is 5.32 Å². The molecule has 5 heteroatoms. The molecule has 1 N–H and O–H groups in total. The fourth-order valence-electron chi connectivity index (χ4n) is 1.65. The highest BCUT2D eigenvalue weighted by Crippen LogP contribution is 2.25. The number of rotatable bonds is 2. The Labute approximate surface area is 135 Å². The van der Waals surface area contributed by atoms with Crippen LogP contribution in [0.2, 0.25) is 10.0 Å². The summed E-state index contributed by atoms with van der Waals surface area (Å²) < 4.78 is 1.01. The maximum atomic E-state index is 12.1. The minimum absolute atomic E-state index is 0.228. The highest BCUT2D eigenvalue weighted by molar-refractivity contribution is 14.1. The second kappa shape index (κ2) is 6.11. The van der Waals surface area contributed by atoms with Crippen LogP contribution < -0.4 is 5.32 Å². The summed E-state index contributed by atoms with van der Waals surface area (Å²) in [7, 11) is 0. The Morgan fingerprint density at radius 3 is 2.53 bits per heavy atom. The largest absolute Gasteiger partial charge is 0.321 e. The summed E-state index contributed by atoms with van der Waals surface area (Å²) in [5, 5.41) is 3.83. The van der Waals surface area contributed by atoms with Crippen LogP contribution in [0.25, 0.3) is 0 Å². The topological polar surface area (TPSA) is 29.1 Å². The predicted octanol–water partition coefficient (Wildman–Crippen LogP) is 5.16. The lowest BCUT2D eigenvalue weighted by Crippen LogP contribution is -2.12. The molecule has 0 aliphatic rings. The summed E-state index contributed by atoms with van der Waals surface area (Å²) >= 11 is 14.2. The third-order valence-electron chi connectivity index (χ3n) is 2.48. The SMILES string of the molecule is Cc1cc(Cl)cc(C(=O)Nc2ccc(I)cc2Cl)c1. The van der Waals surface area contributed by atoms with E-state index in [4.69, 9.17) is 23.2 Å². The van der Waals surface area contributed by atoms with Crippen LogP contribution in [0.4, 0.5) is 5.69 Å². The van der Waals surface area contributed by atoms with Crippen LogP contribution in [0.1, 0.15) is 15.9 Å². The van der Waals surface area contributed by atoms with E-state index in [-0.39, 0.29) is 5.91 Å². The maximum absolute atomic E-state index is 12.1. The molecule has 2 aromatic carbocycles. The van der Waals surface area contributed by atoms with Gasteiger partial charge in [0.2, 0.25) is 0 Å². The van der Waals surface area contributed by atoms with Crippen LogP contribution in [0.15, 0.2) is 36.4 Å². The van der Waals surface area contributed by atoms with Gasteiger partial charge in [0.05, 0.1) is 10.7 Å². The Morgan fingerprint density at radius 2 is 1.89 bits per heavy atom. The number of carbonyl (C=O) groups is 1. The second-order valence-corrected chi connectivity index (χ2v) is 6.18. The van der Waals surface area contributed by atoms with Gasteiger partial charge in [-0.05, 0) is 71.5 Å². The minimum atomic E-state index is -0.228. The molecule has 98 valence electrons. The van der Waals surface area contributed by atoms with Crippen molar-refractivity contribution in [2.45, 2.75) is 6.92 Å². The van der Waals surface area contributed by atoms with Crippen molar-refractivity contribution in [3.8, 4) is 0 Å². The van der Waals surface area contributed by atoms with Crippen molar-refractivity contribution in [2.24, 2.45) is 0 Å². The van der Waals surface area contributed by atoms with Gasteiger partial charge < -0.3 is 5.32 Å². The van der Waals surface area contributed by atoms with Gasteiger partial charge in [-0.3, -0.25) is 4.79 Å². The Hall–Kier alpha value is -0.780. The van der Waals surface area contributed by atoms with E-state index in [0.717, 1.165) is 9.13 Å². The first-order valence-corrected chi connectivity index (χ1v) is 7.33. The smallest absolute Gasteiger partial charge is 0.255 e. The second-order valence-electron chi connectivity index (χ2n) is 4.10. The quantitative estimate of drug-likeness (QED) is 0.687. The summed E-state index contributed by atoms with van der Waals surface area (Å²) in [6.45, 7) is 1.89. The van der Waals surface area contributed by atoms with Crippen molar-refractivity contribution < 1.29 is 4.79 Å². The van der Waals surface area contributed by atoms with Gasteiger partial charge >= 0.3 is 0 Å². The Morgan fingerprint density at radius 1 is 1.16 bits per heavy atom. The molecule has 1 amide bonds. The third kappa shape index (κ3) is 3.84. The van der Waals surface area contributed by atoms with Crippen molar-refractivity contribution in [3.63, 3.8) is 0 Å². The Kier molecular flexibility index (Phi) is 4.71. The van der Waals surface area contributed by atoms with Crippen LogP contribution >= 0.6 is 45.8 Å². The highest BCUT2D eigenvalue weighted by atomic mass is 127. The molecule has 0 fully saturated rings. The first-order chi connectivity index (χ1) is 8.95. The summed E-state index contributed by atoms with van der Waals surface area (Å²) in [6.07, 6.45) is 0. The average molecular weight is 406 g/mol. The van der Waals surface area contributed by atoms with Gasteiger partial charge in [0, 0.05) is 14.2 Å². The number of anilines is 1. The first kappa shape index (κ1) is 14.6. The van der Waals surface area contributed by atoms with Crippen molar-refractivity contribution >= 4 is 57.4 Å². The summed E-state index contributed by atoms with van der Waals surface area (Å²) in [6, 6.07) is 10.7. The van der Waals surface area contributed by atoms with Crippen LogP contribution in [0.3, 0.4) is 0 Å². The molecule has 2 nitrogen and oxygen atoms in total. The van der Waals surface area contributed by atoms with Gasteiger partial charge in [0.25, 0.3) is 5.91 Å². The number of aryl methyl sites for hydroxylation is 1. The number of amides is 1. The van der Waals surface area contributed by atoms with Gasteiger partial charge in [-0.25, -0.2) is 0 Å². The molecule has 0 bridgehead atoms. The first-order valence-electron chi connectivity index (χ1n) is 5.49. The number of nitrogens with one attached hydrogen (secondary N) is 1. The number of benzene rings is 2. The standard InChI is InChI=1S/C14H10Cl2INO/c1-8-4-9(6-10(15)5-8)14(19)18-13-3-2-11(17)7-12(13)16/h2-7H,1H3,(H,18,19). The van der Waals surface area contributed by atoms with Crippen molar-refractivity contribution in [3.05, 3.63) is 61.1 Å². The van der Waals surface area contributed by atoms with Gasteiger partial charge in [-0.1, -0.05) is 23.2 Å². The van der Waals surface area contributed by atoms with E-state index in [1.54, 1.807) is 30.3 Å². The van der Waals surface area contributed by atoms with E-state index < -0.39 is 0 Å². The normalized spacial score (nSPS) is 10.3. The zero-order valence-corrected chi connectivity index (χ0v) is 13.7. The molecule has 0 aromatic heterocycles. The van der Waals surface area contributed by atoms with E-state index in [1.807, 2.05) is 13.0 Å². The molecule has 0 saturated carbocycles. The average Bonchev–Trinajstić information content (AvgIpc) is 2.31. The molecular formula is C14H10Cl2INO. The van der Waals surface area contributed by atoms with E-state index in [9.17, 15) is 4.79 Å². The van der Waals surface area contributed by atoms with Gasteiger partial charge in [0.1, 0.15) is 0 Å². The molecule has 19 heavy (non-hydrogen) atoms. The van der Waals surface area contributed by atoms with Crippen molar-refractivity contribution in [1.29, 1.82) is 0 Å². The number of hydrogen-bond donors (Lipinski definition) is 1. The molecule has 0 unspecified atom stereocenters. The third-order valence-corrected chi connectivity index (χ3v) is 3.69. The Bertz CT molecular complexity index is 623. The molecule has 2 rings (SSSR count). The van der Waals surface area contributed by atoms with Gasteiger partial charge in [-0.2, -0.15) is 0 Å². The van der Waals surface area contributed by atoms with Crippen LogP contribution in [0, 0.1) is 10.5 Å². The molecule has 0 saturated heterocycles. The fourth-order valence-corrected chi connectivity index (χ4v) is 2.85. The van der Waals surface area contributed by atoms with Crippen LogP contribution in [-0.4, -0.2) is 5.91 Å². The molecule has 0 radical (unpaired) electrons.